The van der Waals surface area contributed by atoms with Gasteiger partial charge in [0.25, 0.3) is 0 Å². The molecule has 0 saturated carbocycles. The number of benzene rings is 2. The monoisotopic (exact) mass is 294 g/mol. The zero-order valence-corrected chi connectivity index (χ0v) is 13.3. The van der Waals surface area contributed by atoms with Gasteiger partial charge in [0, 0.05) is 5.92 Å². The molecule has 0 heterocycles. The van der Waals surface area contributed by atoms with Gasteiger partial charge in [-0.3, -0.25) is 4.79 Å². The molecule has 1 aliphatic carbocycles. The minimum atomic E-state index is 0.0498. The van der Waals surface area contributed by atoms with Crippen LogP contribution >= 0.6 is 0 Å². The smallest absolute Gasteiger partial charge is 0.167 e. The van der Waals surface area contributed by atoms with E-state index in [0.29, 0.717) is 5.92 Å². The number of fused-ring (bicyclic) bond motifs is 2. The average molecular weight is 294 g/mol. The van der Waals surface area contributed by atoms with E-state index in [0.717, 1.165) is 25.0 Å². The molecule has 1 aliphatic rings. The van der Waals surface area contributed by atoms with Crippen LogP contribution in [0, 0.1) is 0 Å². The standard InChI is InChI=1S/C20H22O2/c1-3-18-19-7-5-4-6-15(19)8-9-16-12-17(10-11-20(16)18)22-13-14(2)21/h4-7,10-12,18H,3,8-9,13H2,1-2H3. The van der Waals surface area contributed by atoms with Crippen LogP contribution in [0.1, 0.15) is 48.4 Å². The van der Waals surface area contributed by atoms with Crippen LogP contribution in [0.25, 0.3) is 0 Å². The van der Waals surface area contributed by atoms with E-state index in [9.17, 15) is 4.79 Å². The van der Waals surface area contributed by atoms with Crippen molar-refractivity contribution in [3.05, 3.63) is 64.7 Å². The number of ketones is 1. The van der Waals surface area contributed by atoms with Crippen molar-refractivity contribution in [1.29, 1.82) is 0 Å². The second kappa shape index (κ2) is 6.35. The van der Waals surface area contributed by atoms with Crippen LogP contribution < -0.4 is 4.74 Å². The second-order valence-corrected chi connectivity index (χ2v) is 6.01. The van der Waals surface area contributed by atoms with Crippen LogP contribution in [0.4, 0.5) is 0 Å². The lowest BCUT2D eigenvalue weighted by atomic mass is 9.86. The first kappa shape index (κ1) is 14.8. The first-order chi connectivity index (χ1) is 10.7. The number of hydrogen-bond donors (Lipinski definition) is 0. The number of aryl methyl sites for hydroxylation is 2. The molecule has 22 heavy (non-hydrogen) atoms. The molecule has 114 valence electrons. The Bertz CT molecular complexity index is 688. The van der Waals surface area contributed by atoms with Gasteiger partial charge in [-0.1, -0.05) is 37.3 Å². The fourth-order valence-electron chi connectivity index (χ4n) is 3.39. The molecule has 0 N–H and O–H groups in total. The van der Waals surface area contributed by atoms with E-state index >= 15 is 0 Å². The Labute approximate surface area is 132 Å². The Hall–Kier alpha value is -2.09. The van der Waals surface area contributed by atoms with Crippen LogP contribution in [-0.4, -0.2) is 12.4 Å². The third kappa shape index (κ3) is 2.92. The first-order valence-electron chi connectivity index (χ1n) is 8.02. The highest BCUT2D eigenvalue weighted by molar-refractivity contribution is 5.77. The third-order valence-electron chi connectivity index (χ3n) is 4.43. The largest absolute Gasteiger partial charge is 0.486 e. The van der Waals surface area contributed by atoms with E-state index < -0.39 is 0 Å². The highest BCUT2D eigenvalue weighted by Crippen LogP contribution is 2.37. The molecule has 2 nitrogen and oxygen atoms in total. The van der Waals surface area contributed by atoms with E-state index in [1.807, 2.05) is 6.07 Å². The van der Waals surface area contributed by atoms with Gasteiger partial charge in [0.1, 0.15) is 12.4 Å². The second-order valence-electron chi connectivity index (χ2n) is 6.01. The first-order valence-corrected chi connectivity index (χ1v) is 8.02. The van der Waals surface area contributed by atoms with Gasteiger partial charge in [0.15, 0.2) is 5.78 Å². The number of hydrogen-bond acceptors (Lipinski definition) is 2. The summed E-state index contributed by atoms with van der Waals surface area (Å²) in [5.41, 5.74) is 5.67. The summed E-state index contributed by atoms with van der Waals surface area (Å²) in [5.74, 6) is 1.30. The lowest BCUT2D eigenvalue weighted by Gasteiger charge is -2.19. The number of rotatable bonds is 4. The van der Waals surface area contributed by atoms with E-state index in [4.69, 9.17) is 4.74 Å². The van der Waals surface area contributed by atoms with Crippen molar-refractivity contribution >= 4 is 5.78 Å². The molecule has 0 aliphatic heterocycles. The molecule has 2 aromatic rings. The maximum Gasteiger partial charge on any atom is 0.167 e. The fourth-order valence-corrected chi connectivity index (χ4v) is 3.39. The Morgan fingerprint density at radius 3 is 2.59 bits per heavy atom. The van der Waals surface area contributed by atoms with Crippen LogP contribution in [0.5, 0.6) is 5.75 Å². The summed E-state index contributed by atoms with van der Waals surface area (Å²) in [6.45, 7) is 3.94. The summed E-state index contributed by atoms with van der Waals surface area (Å²) in [6.07, 6.45) is 3.19. The molecule has 2 heteroatoms. The minimum Gasteiger partial charge on any atom is -0.486 e. The Morgan fingerprint density at radius 1 is 1.09 bits per heavy atom. The predicted octanol–water partition coefficient (Wildman–Crippen LogP) is 4.29. The van der Waals surface area contributed by atoms with E-state index in [1.165, 1.54) is 22.3 Å². The lowest BCUT2D eigenvalue weighted by Crippen LogP contribution is -2.07. The van der Waals surface area contributed by atoms with Gasteiger partial charge in [0.2, 0.25) is 0 Å². The SMILES string of the molecule is CCC1c2ccccc2CCc2cc(OCC(C)=O)ccc21. The van der Waals surface area contributed by atoms with Gasteiger partial charge in [-0.15, -0.1) is 0 Å². The van der Waals surface area contributed by atoms with Gasteiger partial charge in [-0.25, -0.2) is 0 Å². The average Bonchev–Trinajstić information content (AvgIpc) is 2.69. The molecule has 3 rings (SSSR count). The molecule has 0 amide bonds. The molecule has 1 unspecified atom stereocenters. The zero-order chi connectivity index (χ0) is 15.5. The molecule has 0 fully saturated rings. The summed E-state index contributed by atoms with van der Waals surface area (Å²) in [5, 5.41) is 0. The van der Waals surface area contributed by atoms with Crippen molar-refractivity contribution in [2.75, 3.05) is 6.61 Å². The molecular weight excluding hydrogens is 272 g/mol. The summed E-state index contributed by atoms with van der Waals surface area (Å²) in [7, 11) is 0. The van der Waals surface area contributed by atoms with Crippen LogP contribution in [0.3, 0.4) is 0 Å². The zero-order valence-electron chi connectivity index (χ0n) is 13.3. The topological polar surface area (TPSA) is 26.3 Å². The Kier molecular flexibility index (Phi) is 4.28. The molecule has 0 saturated heterocycles. The summed E-state index contributed by atoms with van der Waals surface area (Å²) < 4.78 is 5.57. The number of carbonyl (C=O) groups is 1. The van der Waals surface area contributed by atoms with Gasteiger partial charge in [-0.2, -0.15) is 0 Å². The van der Waals surface area contributed by atoms with E-state index in [1.54, 1.807) is 6.92 Å². The normalized spacial score (nSPS) is 16.4. The van der Waals surface area contributed by atoms with Gasteiger partial charge in [-0.05, 0) is 60.6 Å². The van der Waals surface area contributed by atoms with Gasteiger partial charge >= 0.3 is 0 Å². The molecule has 1 atom stereocenters. The maximum atomic E-state index is 11.1. The highest BCUT2D eigenvalue weighted by Gasteiger charge is 2.22. The van der Waals surface area contributed by atoms with Crippen molar-refractivity contribution in [3.8, 4) is 5.75 Å². The van der Waals surface area contributed by atoms with Crippen molar-refractivity contribution in [3.63, 3.8) is 0 Å². The van der Waals surface area contributed by atoms with Crippen LogP contribution in [0.15, 0.2) is 42.5 Å². The fraction of sp³-hybridized carbons (Fsp3) is 0.350. The lowest BCUT2D eigenvalue weighted by molar-refractivity contribution is -0.118. The van der Waals surface area contributed by atoms with Crippen molar-refractivity contribution in [2.24, 2.45) is 0 Å². The summed E-state index contributed by atoms with van der Waals surface area (Å²) in [6, 6.07) is 15.1. The van der Waals surface area contributed by atoms with Crippen LogP contribution in [0.2, 0.25) is 0 Å². The third-order valence-corrected chi connectivity index (χ3v) is 4.43. The van der Waals surface area contributed by atoms with Crippen molar-refractivity contribution < 1.29 is 9.53 Å². The van der Waals surface area contributed by atoms with Gasteiger partial charge < -0.3 is 4.74 Å². The number of ether oxygens (including phenoxy) is 1. The predicted molar refractivity (Wildman–Crippen MR) is 88.6 cm³/mol. The number of carbonyl (C=O) groups excluding carboxylic acids is 1. The Balaban J connectivity index is 1.96. The minimum absolute atomic E-state index is 0.0498. The number of Topliss-reactive ketones (excluding diaryl/α,β-unsaturated/α-hetero) is 1. The maximum absolute atomic E-state index is 11.1. The quantitative estimate of drug-likeness (QED) is 0.840. The van der Waals surface area contributed by atoms with Gasteiger partial charge in [0.05, 0.1) is 0 Å². The van der Waals surface area contributed by atoms with Crippen LogP contribution in [-0.2, 0) is 17.6 Å². The summed E-state index contributed by atoms with van der Waals surface area (Å²) >= 11 is 0. The molecule has 0 spiro atoms. The molecule has 0 radical (unpaired) electrons. The summed E-state index contributed by atoms with van der Waals surface area (Å²) in [4.78, 5) is 11.1. The highest BCUT2D eigenvalue weighted by atomic mass is 16.5. The van der Waals surface area contributed by atoms with Crippen molar-refractivity contribution in [2.45, 2.75) is 39.0 Å². The Morgan fingerprint density at radius 2 is 1.82 bits per heavy atom. The van der Waals surface area contributed by atoms with E-state index in [-0.39, 0.29) is 12.4 Å². The molecular formula is C20H22O2. The van der Waals surface area contributed by atoms with Crippen molar-refractivity contribution in [1.82, 2.24) is 0 Å². The molecule has 0 bridgehead atoms. The van der Waals surface area contributed by atoms with E-state index in [2.05, 4.69) is 43.3 Å². The molecule has 2 aromatic carbocycles. The molecule has 0 aromatic heterocycles.